The molecule has 0 aliphatic carbocycles. The molecule has 0 fully saturated rings. The van der Waals surface area contributed by atoms with Crippen molar-refractivity contribution in [3.8, 4) is 5.75 Å². The van der Waals surface area contributed by atoms with Crippen molar-refractivity contribution >= 4 is 23.2 Å². The van der Waals surface area contributed by atoms with E-state index in [0.717, 1.165) is 23.4 Å². The fourth-order valence-corrected chi connectivity index (χ4v) is 3.23. The second kappa shape index (κ2) is 5.28. The molecule has 1 aliphatic rings. The molecule has 4 heteroatoms. The van der Waals surface area contributed by atoms with Crippen LogP contribution >= 0.6 is 11.6 Å². The molecule has 0 aromatic heterocycles. The Labute approximate surface area is 125 Å². The van der Waals surface area contributed by atoms with Gasteiger partial charge >= 0.3 is 0 Å². The lowest BCUT2D eigenvalue weighted by Crippen LogP contribution is -2.53. The van der Waals surface area contributed by atoms with E-state index in [-0.39, 0.29) is 11.4 Å². The van der Waals surface area contributed by atoms with E-state index in [1.807, 2.05) is 23.1 Å². The number of halogens is 1. The number of alkyl halides is 1. The fraction of sp³-hybridized carbons (Fsp3) is 0.562. The van der Waals surface area contributed by atoms with Gasteiger partial charge in [-0.25, -0.2) is 0 Å². The largest absolute Gasteiger partial charge is 0.497 e. The molecular formula is C16H22ClNO2. The van der Waals surface area contributed by atoms with Crippen LogP contribution in [0.5, 0.6) is 5.75 Å². The Bertz CT molecular complexity index is 525. The fourth-order valence-electron chi connectivity index (χ4n) is 3.13. The lowest BCUT2D eigenvalue weighted by atomic mass is 9.80. The van der Waals surface area contributed by atoms with Gasteiger partial charge in [0.25, 0.3) is 0 Å². The molecular weight excluding hydrogens is 274 g/mol. The molecule has 3 nitrogen and oxygen atoms in total. The summed E-state index contributed by atoms with van der Waals surface area (Å²) in [6.45, 7) is 8.09. The Hall–Kier alpha value is -1.22. The molecule has 1 aliphatic heterocycles. The summed E-state index contributed by atoms with van der Waals surface area (Å²) in [4.78, 5) is 14.3. The average molecular weight is 296 g/mol. The Balaban J connectivity index is 2.57. The van der Waals surface area contributed by atoms with Gasteiger partial charge in [-0.3, -0.25) is 4.79 Å². The number of amides is 1. The minimum atomic E-state index is -0.530. The van der Waals surface area contributed by atoms with Crippen LogP contribution in [-0.2, 0) is 4.79 Å². The number of ether oxygens (including phenoxy) is 1. The number of anilines is 1. The number of carbonyl (C=O) groups is 1. The first kappa shape index (κ1) is 15.2. The van der Waals surface area contributed by atoms with Crippen LogP contribution in [0.3, 0.4) is 0 Å². The van der Waals surface area contributed by atoms with Crippen molar-refractivity contribution in [2.24, 2.45) is 0 Å². The van der Waals surface area contributed by atoms with Gasteiger partial charge in [-0.05, 0) is 56.9 Å². The SMILES string of the molecule is COc1ccc2c(c1)[C@@H](C)CC(C)(C)N2C(=O)[C@H](C)Cl. The normalized spacial score (nSPS) is 22.1. The number of rotatable bonds is 2. The first-order valence-electron chi connectivity index (χ1n) is 6.94. The summed E-state index contributed by atoms with van der Waals surface area (Å²) >= 11 is 6.03. The molecule has 0 unspecified atom stereocenters. The Morgan fingerprint density at radius 1 is 1.50 bits per heavy atom. The van der Waals surface area contributed by atoms with E-state index in [2.05, 4.69) is 20.8 Å². The molecule has 1 aromatic rings. The van der Waals surface area contributed by atoms with E-state index in [4.69, 9.17) is 16.3 Å². The zero-order valence-electron chi connectivity index (χ0n) is 12.7. The predicted octanol–water partition coefficient (Wildman–Crippen LogP) is 3.94. The molecule has 0 bridgehead atoms. The highest BCUT2D eigenvalue weighted by molar-refractivity contribution is 6.32. The molecule has 110 valence electrons. The third kappa shape index (κ3) is 2.51. The van der Waals surface area contributed by atoms with Crippen molar-refractivity contribution in [1.82, 2.24) is 0 Å². The Morgan fingerprint density at radius 3 is 2.70 bits per heavy atom. The van der Waals surface area contributed by atoms with Crippen LogP contribution in [0, 0.1) is 0 Å². The summed E-state index contributed by atoms with van der Waals surface area (Å²) in [5.74, 6) is 1.15. The van der Waals surface area contributed by atoms with Gasteiger partial charge in [-0.1, -0.05) is 6.92 Å². The first-order chi connectivity index (χ1) is 9.27. The van der Waals surface area contributed by atoms with Gasteiger partial charge in [0.2, 0.25) is 5.91 Å². The number of benzene rings is 1. The second-order valence-corrected chi connectivity index (χ2v) is 6.79. The summed E-state index contributed by atoms with van der Waals surface area (Å²) < 4.78 is 5.29. The standard InChI is InChI=1S/C16H22ClNO2/c1-10-9-16(3,4)18(15(19)11(2)17)14-7-6-12(20-5)8-13(10)14/h6-8,10-11H,9H2,1-5H3/t10-,11-/m0/s1. The van der Waals surface area contributed by atoms with Crippen LogP contribution in [0.4, 0.5) is 5.69 Å². The minimum Gasteiger partial charge on any atom is -0.497 e. The molecule has 1 amide bonds. The van der Waals surface area contributed by atoms with Crippen molar-refractivity contribution in [2.45, 2.75) is 50.9 Å². The number of fused-ring (bicyclic) bond motifs is 1. The van der Waals surface area contributed by atoms with Crippen LogP contribution in [-0.4, -0.2) is 23.9 Å². The monoisotopic (exact) mass is 295 g/mol. The zero-order valence-corrected chi connectivity index (χ0v) is 13.5. The van der Waals surface area contributed by atoms with Gasteiger partial charge in [0.05, 0.1) is 7.11 Å². The molecule has 1 aromatic carbocycles. The van der Waals surface area contributed by atoms with Crippen molar-refractivity contribution in [2.75, 3.05) is 12.0 Å². The third-order valence-electron chi connectivity index (χ3n) is 3.98. The van der Waals surface area contributed by atoms with Gasteiger partial charge in [-0.2, -0.15) is 0 Å². The van der Waals surface area contributed by atoms with Crippen LogP contribution in [0.1, 0.15) is 45.6 Å². The van der Waals surface area contributed by atoms with Crippen LogP contribution in [0.2, 0.25) is 0 Å². The maximum atomic E-state index is 12.5. The predicted molar refractivity (Wildman–Crippen MR) is 82.9 cm³/mol. The smallest absolute Gasteiger partial charge is 0.245 e. The molecule has 0 N–H and O–H groups in total. The molecule has 2 rings (SSSR count). The average Bonchev–Trinajstić information content (AvgIpc) is 2.37. The maximum Gasteiger partial charge on any atom is 0.245 e. The van der Waals surface area contributed by atoms with Crippen molar-refractivity contribution < 1.29 is 9.53 Å². The highest BCUT2D eigenvalue weighted by atomic mass is 35.5. The quantitative estimate of drug-likeness (QED) is 0.773. The summed E-state index contributed by atoms with van der Waals surface area (Å²) in [6, 6.07) is 5.88. The molecule has 0 radical (unpaired) electrons. The lowest BCUT2D eigenvalue weighted by molar-refractivity contribution is -0.119. The zero-order chi connectivity index (χ0) is 15.1. The highest BCUT2D eigenvalue weighted by Gasteiger charge is 2.41. The molecule has 20 heavy (non-hydrogen) atoms. The summed E-state index contributed by atoms with van der Waals surface area (Å²) in [7, 11) is 1.66. The highest BCUT2D eigenvalue weighted by Crippen LogP contribution is 2.45. The van der Waals surface area contributed by atoms with E-state index < -0.39 is 5.38 Å². The van der Waals surface area contributed by atoms with Crippen LogP contribution in [0.15, 0.2) is 18.2 Å². The summed E-state index contributed by atoms with van der Waals surface area (Å²) in [6.07, 6.45) is 0.905. The maximum absolute atomic E-state index is 12.5. The number of hydrogen-bond acceptors (Lipinski definition) is 2. The number of methoxy groups -OCH3 is 1. The van der Waals surface area contributed by atoms with E-state index in [9.17, 15) is 4.79 Å². The molecule has 2 atom stereocenters. The molecule has 0 saturated heterocycles. The van der Waals surface area contributed by atoms with E-state index in [1.54, 1.807) is 14.0 Å². The lowest BCUT2D eigenvalue weighted by Gasteiger charge is -2.46. The number of carbonyl (C=O) groups excluding carboxylic acids is 1. The van der Waals surface area contributed by atoms with Gasteiger partial charge in [0.15, 0.2) is 0 Å². The second-order valence-electron chi connectivity index (χ2n) is 6.13. The van der Waals surface area contributed by atoms with Crippen LogP contribution < -0.4 is 9.64 Å². The van der Waals surface area contributed by atoms with Gasteiger partial charge in [-0.15, -0.1) is 11.6 Å². The van der Waals surface area contributed by atoms with Gasteiger partial charge in [0.1, 0.15) is 11.1 Å². The molecule has 1 heterocycles. The van der Waals surface area contributed by atoms with Crippen molar-refractivity contribution in [3.05, 3.63) is 23.8 Å². The summed E-state index contributed by atoms with van der Waals surface area (Å²) in [5.41, 5.74) is 1.86. The first-order valence-corrected chi connectivity index (χ1v) is 7.37. The third-order valence-corrected chi connectivity index (χ3v) is 4.16. The Morgan fingerprint density at radius 2 is 2.15 bits per heavy atom. The van der Waals surface area contributed by atoms with E-state index in [1.165, 1.54) is 0 Å². The van der Waals surface area contributed by atoms with E-state index in [0.29, 0.717) is 5.92 Å². The number of nitrogens with zero attached hydrogens (tertiary/aromatic N) is 1. The summed E-state index contributed by atoms with van der Waals surface area (Å²) in [5, 5.41) is -0.530. The molecule has 0 saturated carbocycles. The van der Waals surface area contributed by atoms with Crippen molar-refractivity contribution in [1.29, 1.82) is 0 Å². The van der Waals surface area contributed by atoms with Crippen LogP contribution in [0.25, 0.3) is 0 Å². The van der Waals surface area contributed by atoms with Gasteiger partial charge in [0, 0.05) is 11.2 Å². The van der Waals surface area contributed by atoms with Gasteiger partial charge < -0.3 is 9.64 Å². The Kier molecular flexibility index (Phi) is 4.01. The minimum absolute atomic E-state index is 0.0463. The number of hydrogen-bond donors (Lipinski definition) is 0. The molecule has 0 spiro atoms. The van der Waals surface area contributed by atoms with Crippen molar-refractivity contribution in [3.63, 3.8) is 0 Å². The topological polar surface area (TPSA) is 29.5 Å². The van der Waals surface area contributed by atoms with E-state index >= 15 is 0 Å².